The van der Waals surface area contributed by atoms with Gasteiger partial charge in [-0.05, 0) is 70.6 Å². The number of hydrogen-bond donors (Lipinski definition) is 0. The van der Waals surface area contributed by atoms with Gasteiger partial charge in [-0.3, -0.25) is 14.4 Å². The van der Waals surface area contributed by atoms with E-state index < -0.39 is 6.10 Å². The summed E-state index contributed by atoms with van der Waals surface area (Å²) in [6.07, 6.45) is 54.6. The molecule has 0 amide bonds. The van der Waals surface area contributed by atoms with E-state index in [9.17, 15) is 14.4 Å². The van der Waals surface area contributed by atoms with Crippen LogP contribution in [0.2, 0.25) is 0 Å². The smallest absolute Gasteiger partial charge is 0.306 e. The second-order valence-corrected chi connectivity index (χ2v) is 15.0. The van der Waals surface area contributed by atoms with Gasteiger partial charge in [0, 0.05) is 19.3 Å². The fourth-order valence-electron chi connectivity index (χ4n) is 6.08. The predicted molar refractivity (Wildman–Crippen MR) is 238 cm³/mol. The van der Waals surface area contributed by atoms with Crippen molar-refractivity contribution in [2.45, 2.75) is 213 Å². The number of esters is 3. The molecule has 6 nitrogen and oxygen atoms in total. The minimum atomic E-state index is -0.793. The maximum atomic E-state index is 12.7. The van der Waals surface area contributed by atoms with Crippen molar-refractivity contribution in [3.05, 3.63) is 72.9 Å². The Hall–Kier alpha value is -3.15. The molecule has 0 bridgehead atoms. The van der Waals surface area contributed by atoms with E-state index in [0.29, 0.717) is 19.3 Å². The Morgan fingerprint density at radius 3 is 1.30 bits per heavy atom. The molecular weight excluding hydrogens is 697 g/mol. The first-order chi connectivity index (χ1) is 27.5. The highest BCUT2D eigenvalue weighted by molar-refractivity contribution is 5.71. The van der Waals surface area contributed by atoms with Gasteiger partial charge >= 0.3 is 17.9 Å². The maximum absolute atomic E-state index is 12.7. The van der Waals surface area contributed by atoms with Gasteiger partial charge in [0.05, 0.1) is 0 Å². The quantitative estimate of drug-likeness (QED) is 0.0203. The number of ether oxygens (including phenoxy) is 3. The number of allylic oxidation sites excluding steroid dienone is 12. The molecule has 6 heteroatoms. The molecule has 0 N–H and O–H groups in total. The zero-order chi connectivity index (χ0) is 40.8. The van der Waals surface area contributed by atoms with Gasteiger partial charge in [-0.2, -0.15) is 0 Å². The predicted octanol–water partition coefficient (Wildman–Crippen LogP) is 14.7. The SMILES string of the molecule is CC/C=C\C/C=C\CCCCC(=O)OCC(COC(=O)CCCCCCC\C=C/C=C\C=C/C=C\CCCCC)OC(=O)CCCCCCCCCCCCC. The first kappa shape index (κ1) is 52.9. The first-order valence-electron chi connectivity index (χ1n) is 23.0. The Labute approximate surface area is 344 Å². The zero-order valence-electron chi connectivity index (χ0n) is 36.4. The van der Waals surface area contributed by atoms with Crippen LogP contribution in [0.25, 0.3) is 0 Å². The van der Waals surface area contributed by atoms with Crippen LogP contribution >= 0.6 is 0 Å². The van der Waals surface area contributed by atoms with E-state index in [0.717, 1.165) is 96.3 Å². The summed E-state index contributed by atoms with van der Waals surface area (Å²) < 4.78 is 16.6. The third-order valence-corrected chi connectivity index (χ3v) is 9.54. The second-order valence-electron chi connectivity index (χ2n) is 15.0. The third kappa shape index (κ3) is 42.0. The highest BCUT2D eigenvalue weighted by Gasteiger charge is 2.19. The van der Waals surface area contributed by atoms with Gasteiger partial charge in [0.15, 0.2) is 6.10 Å². The van der Waals surface area contributed by atoms with Gasteiger partial charge in [-0.25, -0.2) is 0 Å². The van der Waals surface area contributed by atoms with E-state index in [-0.39, 0.29) is 31.1 Å². The minimum Gasteiger partial charge on any atom is -0.462 e. The molecule has 1 unspecified atom stereocenters. The Kier molecular flexibility index (Phi) is 42.1. The molecule has 0 aliphatic carbocycles. The largest absolute Gasteiger partial charge is 0.462 e. The molecular formula is C50H84O6. The van der Waals surface area contributed by atoms with Crippen LogP contribution in [0, 0.1) is 0 Å². The van der Waals surface area contributed by atoms with Crippen LogP contribution in [0.1, 0.15) is 207 Å². The molecule has 0 saturated heterocycles. The number of carbonyl (C=O) groups excluding carboxylic acids is 3. The van der Waals surface area contributed by atoms with Gasteiger partial charge in [0.25, 0.3) is 0 Å². The summed E-state index contributed by atoms with van der Waals surface area (Å²) in [5, 5.41) is 0. The summed E-state index contributed by atoms with van der Waals surface area (Å²) in [7, 11) is 0. The van der Waals surface area contributed by atoms with Crippen molar-refractivity contribution < 1.29 is 28.6 Å². The molecule has 0 fully saturated rings. The van der Waals surface area contributed by atoms with Crippen LogP contribution in [0.4, 0.5) is 0 Å². The van der Waals surface area contributed by atoms with E-state index in [1.165, 1.54) is 70.6 Å². The molecule has 0 heterocycles. The molecule has 0 spiro atoms. The topological polar surface area (TPSA) is 78.9 Å². The summed E-state index contributed by atoms with van der Waals surface area (Å²) in [5.74, 6) is -0.961. The summed E-state index contributed by atoms with van der Waals surface area (Å²) in [6, 6.07) is 0. The van der Waals surface area contributed by atoms with Crippen molar-refractivity contribution in [1.82, 2.24) is 0 Å². The van der Waals surface area contributed by atoms with Crippen molar-refractivity contribution in [2.24, 2.45) is 0 Å². The standard InChI is InChI=1S/C50H84O6/c1-4-7-10-13-16-19-21-22-23-24-25-26-27-29-31-34-37-40-43-49(52)55-46-47(45-54-48(51)42-39-36-33-30-18-15-12-9-6-3)56-50(53)44-41-38-35-32-28-20-17-14-11-8-5-2/h9,12,16,18-19,21-26,30,47H,4-8,10-11,13-15,17,20,27-29,31-46H2,1-3H3/b12-9-,19-16-,22-21-,24-23-,26-25-,30-18-. The average molecular weight is 781 g/mol. The summed E-state index contributed by atoms with van der Waals surface area (Å²) in [6.45, 7) is 6.40. The van der Waals surface area contributed by atoms with E-state index >= 15 is 0 Å². The molecule has 0 aromatic rings. The van der Waals surface area contributed by atoms with E-state index in [4.69, 9.17) is 14.2 Å². The van der Waals surface area contributed by atoms with E-state index in [2.05, 4.69) is 93.7 Å². The van der Waals surface area contributed by atoms with Crippen LogP contribution < -0.4 is 0 Å². The van der Waals surface area contributed by atoms with Crippen LogP contribution in [0.15, 0.2) is 72.9 Å². The maximum Gasteiger partial charge on any atom is 0.306 e. The van der Waals surface area contributed by atoms with E-state index in [1.807, 2.05) is 0 Å². The minimum absolute atomic E-state index is 0.0975. The first-order valence-corrected chi connectivity index (χ1v) is 23.0. The Morgan fingerprint density at radius 2 is 0.768 bits per heavy atom. The highest BCUT2D eigenvalue weighted by atomic mass is 16.6. The van der Waals surface area contributed by atoms with Gasteiger partial charge < -0.3 is 14.2 Å². The van der Waals surface area contributed by atoms with Crippen molar-refractivity contribution in [3.63, 3.8) is 0 Å². The van der Waals surface area contributed by atoms with Crippen molar-refractivity contribution >= 4 is 17.9 Å². The molecule has 0 saturated carbocycles. The normalized spacial score (nSPS) is 12.7. The van der Waals surface area contributed by atoms with Gasteiger partial charge in [0.1, 0.15) is 13.2 Å². The number of unbranched alkanes of at least 4 members (excludes halogenated alkanes) is 20. The average Bonchev–Trinajstić information content (AvgIpc) is 3.19. The van der Waals surface area contributed by atoms with Crippen LogP contribution in [0.5, 0.6) is 0 Å². The number of rotatable bonds is 40. The molecule has 0 aliphatic rings. The molecule has 320 valence electrons. The lowest BCUT2D eigenvalue weighted by Crippen LogP contribution is -2.30. The van der Waals surface area contributed by atoms with E-state index in [1.54, 1.807) is 0 Å². The van der Waals surface area contributed by atoms with Crippen LogP contribution in [0.3, 0.4) is 0 Å². The monoisotopic (exact) mass is 781 g/mol. The van der Waals surface area contributed by atoms with Crippen LogP contribution in [-0.4, -0.2) is 37.2 Å². The lowest BCUT2D eigenvalue weighted by molar-refractivity contribution is -0.167. The lowest BCUT2D eigenvalue weighted by Gasteiger charge is -2.18. The Balaban J connectivity index is 4.41. The summed E-state index contributed by atoms with van der Waals surface area (Å²) >= 11 is 0. The summed E-state index contributed by atoms with van der Waals surface area (Å²) in [4.78, 5) is 37.7. The number of hydrogen-bond acceptors (Lipinski definition) is 6. The molecule has 0 aromatic heterocycles. The van der Waals surface area contributed by atoms with Crippen LogP contribution in [-0.2, 0) is 28.6 Å². The van der Waals surface area contributed by atoms with Crippen molar-refractivity contribution in [2.75, 3.05) is 13.2 Å². The zero-order valence-corrected chi connectivity index (χ0v) is 36.4. The van der Waals surface area contributed by atoms with Gasteiger partial charge in [-0.15, -0.1) is 0 Å². The van der Waals surface area contributed by atoms with Crippen molar-refractivity contribution in [3.8, 4) is 0 Å². The summed E-state index contributed by atoms with van der Waals surface area (Å²) in [5.41, 5.74) is 0. The fraction of sp³-hybridized carbons (Fsp3) is 0.700. The fourth-order valence-corrected chi connectivity index (χ4v) is 6.08. The van der Waals surface area contributed by atoms with Gasteiger partial charge in [0.2, 0.25) is 0 Å². The molecule has 0 rings (SSSR count). The Morgan fingerprint density at radius 1 is 0.393 bits per heavy atom. The van der Waals surface area contributed by atoms with Gasteiger partial charge in [-0.1, -0.05) is 190 Å². The molecule has 0 radical (unpaired) electrons. The lowest BCUT2D eigenvalue weighted by atomic mass is 10.1. The Bertz CT molecular complexity index is 1080. The second kappa shape index (κ2) is 44.6. The van der Waals surface area contributed by atoms with Crippen molar-refractivity contribution in [1.29, 1.82) is 0 Å². The number of carbonyl (C=O) groups is 3. The molecule has 0 aromatic carbocycles. The molecule has 0 aliphatic heterocycles. The highest BCUT2D eigenvalue weighted by Crippen LogP contribution is 2.14. The molecule has 56 heavy (non-hydrogen) atoms. The molecule has 1 atom stereocenters. The third-order valence-electron chi connectivity index (χ3n) is 9.54.